The second-order valence-electron chi connectivity index (χ2n) is 7.65. The van der Waals surface area contributed by atoms with Crippen LogP contribution in [0, 0.1) is 0 Å². The molecule has 0 fully saturated rings. The van der Waals surface area contributed by atoms with Crippen LogP contribution in [0.3, 0.4) is 0 Å². The lowest BCUT2D eigenvalue weighted by Crippen LogP contribution is -2.38. The number of para-hydroxylation sites is 1. The molecule has 0 unspecified atom stereocenters. The molecular formula is C26H26N2O5S. The maximum atomic E-state index is 13.4. The first-order chi connectivity index (χ1) is 16.5. The molecule has 1 aliphatic heterocycles. The lowest BCUT2D eigenvalue weighted by Gasteiger charge is -2.22. The maximum absolute atomic E-state index is 13.4. The minimum atomic E-state index is -0.331. The van der Waals surface area contributed by atoms with Crippen LogP contribution in [0.2, 0.25) is 0 Å². The van der Waals surface area contributed by atoms with Crippen molar-refractivity contribution in [2.75, 3.05) is 38.1 Å². The zero-order valence-corrected chi connectivity index (χ0v) is 20.1. The van der Waals surface area contributed by atoms with Crippen LogP contribution in [-0.2, 0) is 9.59 Å². The van der Waals surface area contributed by atoms with Gasteiger partial charge in [0.2, 0.25) is 11.8 Å². The van der Waals surface area contributed by atoms with Gasteiger partial charge in [0.15, 0.2) is 0 Å². The van der Waals surface area contributed by atoms with Gasteiger partial charge in [0.25, 0.3) is 0 Å². The molecule has 176 valence electrons. The summed E-state index contributed by atoms with van der Waals surface area (Å²) in [4.78, 5) is 28.9. The molecule has 1 heterocycles. The largest absolute Gasteiger partial charge is 0.497 e. The zero-order valence-electron chi connectivity index (χ0n) is 19.2. The van der Waals surface area contributed by atoms with E-state index in [2.05, 4.69) is 5.32 Å². The fraction of sp³-hybridized carbons (Fsp3) is 0.231. The summed E-state index contributed by atoms with van der Waals surface area (Å²) in [6.45, 7) is -0.119. The number of methoxy groups -OCH3 is 3. The molecule has 0 saturated heterocycles. The van der Waals surface area contributed by atoms with Crippen molar-refractivity contribution in [3.63, 3.8) is 0 Å². The Labute approximate surface area is 203 Å². The molecule has 0 aromatic heterocycles. The normalized spacial score (nSPS) is 15.2. The van der Waals surface area contributed by atoms with Gasteiger partial charge < -0.3 is 24.4 Å². The number of rotatable bonds is 7. The highest BCUT2D eigenvalue weighted by atomic mass is 32.2. The molecule has 0 aliphatic carbocycles. The van der Waals surface area contributed by atoms with Crippen LogP contribution in [0.15, 0.2) is 71.6 Å². The summed E-state index contributed by atoms with van der Waals surface area (Å²) < 4.78 is 15.9. The van der Waals surface area contributed by atoms with Gasteiger partial charge >= 0.3 is 0 Å². The molecule has 3 aromatic carbocycles. The van der Waals surface area contributed by atoms with Crippen LogP contribution in [-0.4, -0.2) is 39.7 Å². The topological polar surface area (TPSA) is 77.1 Å². The fourth-order valence-corrected chi connectivity index (χ4v) is 5.08. The summed E-state index contributed by atoms with van der Waals surface area (Å²) in [5.41, 5.74) is 2.23. The van der Waals surface area contributed by atoms with E-state index in [1.54, 1.807) is 49.1 Å². The number of fused-ring (bicyclic) bond motifs is 1. The molecule has 4 rings (SSSR count). The number of thioether (sulfide) groups is 1. The first-order valence-corrected chi connectivity index (χ1v) is 11.6. The number of nitrogens with one attached hydrogen (secondary N) is 1. The van der Waals surface area contributed by atoms with Gasteiger partial charge in [-0.15, -0.1) is 11.8 Å². The third-order valence-corrected chi connectivity index (χ3v) is 6.88. The van der Waals surface area contributed by atoms with E-state index in [1.807, 2.05) is 48.5 Å². The van der Waals surface area contributed by atoms with Gasteiger partial charge in [0.05, 0.1) is 32.7 Å². The average molecular weight is 479 g/mol. The van der Waals surface area contributed by atoms with Crippen molar-refractivity contribution in [3.05, 3.63) is 72.3 Å². The average Bonchev–Trinajstić information content (AvgIpc) is 3.00. The van der Waals surface area contributed by atoms with Crippen molar-refractivity contribution in [1.29, 1.82) is 0 Å². The summed E-state index contributed by atoms with van der Waals surface area (Å²) >= 11 is 1.62. The van der Waals surface area contributed by atoms with Crippen molar-refractivity contribution >= 4 is 35.0 Å². The van der Waals surface area contributed by atoms with Crippen LogP contribution >= 0.6 is 11.8 Å². The Kier molecular flexibility index (Phi) is 7.27. The Morgan fingerprint density at radius 3 is 2.38 bits per heavy atom. The molecule has 1 aliphatic rings. The number of nitrogens with zero attached hydrogens (tertiary/aromatic N) is 1. The minimum absolute atomic E-state index is 0.0777. The van der Waals surface area contributed by atoms with Gasteiger partial charge in [-0.1, -0.05) is 24.3 Å². The molecule has 7 nitrogen and oxygen atoms in total. The molecular weight excluding hydrogens is 452 g/mol. The Morgan fingerprint density at radius 1 is 0.971 bits per heavy atom. The van der Waals surface area contributed by atoms with E-state index in [9.17, 15) is 9.59 Å². The molecule has 0 radical (unpaired) electrons. The van der Waals surface area contributed by atoms with Gasteiger partial charge in [-0.25, -0.2) is 0 Å². The van der Waals surface area contributed by atoms with Crippen molar-refractivity contribution in [1.82, 2.24) is 0 Å². The predicted octanol–water partition coefficient (Wildman–Crippen LogP) is 4.92. The monoisotopic (exact) mass is 478 g/mol. The van der Waals surface area contributed by atoms with Crippen molar-refractivity contribution < 1.29 is 23.8 Å². The second-order valence-corrected chi connectivity index (χ2v) is 8.89. The Hall–Kier alpha value is -3.65. The highest BCUT2D eigenvalue weighted by molar-refractivity contribution is 7.99. The number of carbonyl (C=O) groups excluding carboxylic acids is 2. The molecule has 34 heavy (non-hydrogen) atoms. The van der Waals surface area contributed by atoms with E-state index < -0.39 is 0 Å². The molecule has 2 amide bonds. The summed E-state index contributed by atoms with van der Waals surface area (Å²) in [5.74, 6) is 1.41. The quantitative estimate of drug-likeness (QED) is 0.519. The van der Waals surface area contributed by atoms with Gasteiger partial charge in [0, 0.05) is 22.6 Å². The first-order valence-electron chi connectivity index (χ1n) is 10.7. The SMILES string of the molecule is COc1ccc([C@H]2CC(=O)N(CC(=O)Nc3cc(OC)ccc3OC)c3ccccc3S2)cc1. The van der Waals surface area contributed by atoms with E-state index in [4.69, 9.17) is 14.2 Å². The molecule has 8 heteroatoms. The number of anilines is 2. The Balaban J connectivity index is 1.57. The number of carbonyl (C=O) groups is 2. The first kappa shape index (κ1) is 23.5. The van der Waals surface area contributed by atoms with Crippen LogP contribution in [0.5, 0.6) is 17.2 Å². The fourth-order valence-electron chi connectivity index (χ4n) is 3.80. The maximum Gasteiger partial charge on any atom is 0.244 e. The van der Waals surface area contributed by atoms with E-state index in [0.29, 0.717) is 17.2 Å². The van der Waals surface area contributed by atoms with Crippen LogP contribution in [0.1, 0.15) is 17.2 Å². The van der Waals surface area contributed by atoms with Crippen molar-refractivity contribution in [2.24, 2.45) is 0 Å². The molecule has 0 spiro atoms. The van der Waals surface area contributed by atoms with Crippen molar-refractivity contribution in [2.45, 2.75) is 16.6 Å². The summed E-state index contributed by atoms with van der Waals surface area (Å²) in [6, 6.07) is 20.5. The van der Waals surface area contributed by atoms with Crippen LogP contribution < -0.4 is 24.4 Å². The molecule has 0 bridgehead atoms. The predicted molar refractivity (Wildman–Crippen MR) is 133 cm³/mol. The van der Waals surface area contributed by atoms with Crippen LogP contribution in [0.4, 0.5) is 11.4 Å². The number of amides is 2. The third-order valence-electron chi connectivity index (χ3n) is 5.56. The van der Waals surface area contributed by atoms with Gasteiger partial charge in [-0.05, 0) is 42.0 Å². The Bertz CT molecular complexity index is 1180. The Morgan fingerprint density at radius 2 is 1.68 bits per heavy atom. The lowest BCUT2D eigenvalue weighted by molar-refractivity contribution is -0.121. The smallest absolute Gasteiger partial charge is 0.244 e. The van der Waals surface area contributed by atoms with Gasteiger partial charge in [-0.3, -0.25) is 9.59 Å². The van der Waals surface area contributed by atoms with Crippen molar-refractivity contribution in [3.8, 4) is 17.2 Å². The summed E-state index contributed by atoms with van der Waals surface area (Å²) in [7, 11) is 4.71. The molecule has 1 N–H and O–H groups in total. The number of hydrogen-bond donors (Lipinski definition) is 1. The minimum Gasteiger partial charge on any atom is -0.497 e. The number of ether oxygens (including phenoxy) is 3. The summed E-state index contributed by atoms with van der Waals surface area (Å²) in [5, 5.41) is 2.77. The van der Waals surface area contributed by atoms with E-state index >= 15 is 0 Å². The molecule has 0 saturated carbocycles. The number of hydrogen-bond acceptors (Lipinski definition) is 6. The van der Waals surface area contributed by atoms with Crippen LogP contribution in [0.25, 0.3) is 0 Å². The van der Waals surface area contributed by atoms with Gasteiger partial charge in [-0.2, -0.15) is 0 Å². The molecule has 1 atom stereocenters. The van der Waals surface area contributed by atoms with E-state index in [-0.39, 0.29) is 30.0 Å². The van der Waals surface area contributed by atoms with E-state index in [1.165, 1.54) is 7.11 Å². The second kappa shape index (κ2) is 10.5. The molecule has 3 aromatic rings. The highest BCUT2D eigenvalue weighted by Crippen LogP contribution is 2.45. The third kappa shape index (κ3) is 5.12. The van der Waals surface area contributed by atoms with E-state index in [0.717, 1.165) is 21.9 Å². The highest BCUT2D eigenvalue weighted by Gasteiger charge is 2.30. The lowest BCUT2D eigenvalue weighted by atomic mass is 10.1. The standard InChI is InChI=1S/C26H26N2O5S/c1-31-18-10-8-17(9-11-18)24-15-26(30)28(21-6-4-5-7-23(21)34-24)16-25(29)27-20-14-19(32-2)12-13-22(20)33-3/h4-14,24H,15-16H2,1-3H3,(H,27,29)/t24-/m1/s1. The number of benzene rings is 3. The zero-order chi connectivity index (χ0) is 24.1. The van der Waals surface area contributed by atoms with Gasteiger partial charge in [0.1, 0.15) is 23.8 Å². The summed E-state index contributed by atoms with van der Waals surface area (Å²) in [6.07, 6.45) is 0.265.